The Balaban J connectivity index is 2.18. The Morgan fingerprint density at radius 3 is 2.50 bits per heavy atom. The zero-order valence-electron chi connectivity index (χ0n) is 16.5. The van der Waals surface area contributed by atoms with Gasteiger partial charge in [-0.1, -0.05) is 23.7 Å². The lowest BCUT2D eigenvalue weighted by Gasteiger charge is -2.25. The second-order valence-corrected chi connectivity index (χ2v) is 7.17. The molecule has 0 spiro atoms. The van der Waals surface area contributed by atoms with E-state index in [-0.39, 0.29) is 23.4 Å². The second-order valence-electron chi connectivity index (χ2n) is 6.73. The Hall–Kier alpha value is -2.90. The SMILES string of the molecule is COCCCN1C(=O)C(=O)/C(=C(/O)c2cc(F)ccc2OC)C1c1ccc(Cl)cc1. The molecule has 30 heavy (non-hydrogen) atoms. The van der Waals surface area contributed by atoms with Crippen molar-refractivity contribution in [3.8, 4) is 5.75 Å². The van der Waals surface area contributed by atoms with Crippen LogP contribution >= 0.6 is 11.6 Å². The van der Waals surface area contributed by atoms with E-state index >= 15 is 0 Å². The number of aliphatic hydroxyl groups is 1. The highest BCUT2D eigenvalue weighted by molar-refractivity contribution is 6.46. The normalized spacial score (nSPS) is 18.1. The number of aliphatic hydroxyl groups excluding tert-OH is 1. The van der Waals surface area contributed by atoms with Crippen LogP contribution in [0.25, 0.3) is 5.76 Å². The average Bonchev–Trinajstić information content (AvgIpc) is 2.99. The van der Waals surface area contributed by atoms with Gasteiger partial charge in [0.05, 0.1) is 24.3 Å². The van der Waals surface area contributed by atoms with Crippen molar-refractivity contribution >= 4 is 29.1 Å². The van der Waals surface area contributed by atoms with Gasteiger partial charge in [0.25, 0.3) is 11.7 Å². The van der Waals surface area contributed by atoms with Gasteiger partial charge >= 0.3 is 0 Å². The average molecular weight is 434 g/mol. The molecule has 158 valence electrons. The van der Waals surface area contributed by atoms with Crippen LogP contribution in [0.15, 0.2) is 48.0 Å². The van der Waals surface area contributed by atoms with Crippen molar-refractivity contribution in [1.82, 2.24) is 4.90 Å². The summed E-state index contributed by atoms with van der Waals surface area (Å²) < 4.78 is 24.1. The fourth-order valence-electron chi connectivity index (χ4n) is 3.49. The highest BCUT2D eigenvalue weighted by Gasteiger charge is 2.46. The van der Waals surface area contributed by atoms with E-state index < -0.39 is 29.3 Å². The molecule has 0 aliphatic carbocycles. The van der Waals surface area contributed by atoms with Crippen LogP contribution in [0.5, 0.6) is 5.75 Å². The first kappa shape index (κ1) is 21.8. The number of halogens is 2. The second kappa shape index (κ2) is 9.28. The predicted octanol–water partition coefficient (Wildman–Crippen LogP) is 3.95. The predicted molar refractivity (Wildman–Crippen MR) is 110 cm³/mol. The lowest BCUT2D eigenvalue weighted by atomic mass is 9.95. The van der Waals surface area contributed by atoms with Gasteiger partial charge in [0, 0.05) is 25.3 Å². The van der Waals surface area contributed by atoms with Crippen LogP contribution in [-0.4, -0.2) is 49.1 Å². The summed E-state index contributed by atoms with van der Waals surface area (Å²) in [6.45, 7) is 0.636. The van der Waals surface area contributed by atoms with Gasteiger partial charge < -0.3 is 19.5 Å². The Labute approximate surface area is 178 Å². The maximum Gasteiger partial charge on any atom is 0.295 e. The van der Waals surface area contributed by atoms with Gasteiger partial charge in [-0.25, -0.2) is 4.39 Å². The van der Waals surface area contributed by atoms with Crippen molar-refractivity contribution in [1.29, 1.82) is 0 Å². The van der Waals surface area contributed by atoms with Crippen molar-refractivity contribution in [3.63, 3.8) is 0 Å². The van der Waals surface area contributed by atoms with Crippen molar-refractivity contribution in [2.24, 2.45) is 0 Å². The molecular formula is C22H21ClFNO5. The molecule has 1 aliphatic heterocycles. The number of carbonyl (C=O) groups is 2. The molecule has 1 aliphatic rings. The maximum atomic E-state index is 13.9. The first-order valence-electron chi connectivity index (χ1n) is 9.25. The quantitative estimate of drug-likeness (QED) is 0.310. The molecule has 1 fully saturated rings. The lowest BCUT2D eigenvalue weighted by molar-refractivity contribution is -0.140. The standard InChI is InChI=1S/C22H21ClFNO5/c1-29-11-3-10-25-19(13-4-6-14(23)7-5-13)18(21(27)22(25)28)20(26)16-12-15(24)8-9-17(16)30-2/h4-9,12,19,26H,3,10-11H2,1-2H3/b20-18+. The van der Waals surface area contributed by atoms with Crippen molar-refractivity contribution in [3.05, 3.63) is 70.0 Å². The molecule has 1 saturated heterocycles. The minimum Gasteiger partial charge on any atom is -0.507 e. The number of carbonyl (C=O) groups excluding carboxylic acids is 2. The molecule has 1 N–H and O–H groups in total. The van der Waals surface area contributed by atoms with Gasteiger partial charge in [0.2, 0.25) is 0 Å². The molecule has 0 saturated carbocycles. The van der Waals surface area contributed by atoms with E-state index in [4.69, 9.17) is 21.1 Å². The number of rotatable bonds is 7. The van der Waals surface area contributed by atoms with Crippen LogP contribution in [0, 0.1) is 5.82 Å². The number of hydrogen-bond donors (Lipinski definition) is 1. The maximum absolute atomic E-state index is 13.9. The van der Waals surface area contributed by atoms with Crippen LogP contribution in [0.1, 0.15) is 23.6 Å². The van der Waals surface area contributed by atoms with E-state index in [0.717, 1.165) is 6.07 Å². The Morgan fingerprint density at radius 2 is 1.87 bits per heavy atom. The van der Waals surface area contributed by atoms with Gasteiger partial charge in [-0.3, -0.25) is 9.59 Å². The van der Waals surface area contributed by atoms with Crippen LogP contribution in [0.2, 0.25) is 5.02 Å². The highest BCUT2D eigenvalue weighted by atomic mass is 35.5. The first-order valence-corrected chi connectivity index (χ1v) is 9.63. The van der Waals surface area contributed by atoms with E-state index in [1.54, 1.807) is 31.4 Å². The van der Waals surface area contributed by atoms with Crippen molar-refractivity contribution in [2.75, 3.05) is 27.4 Å². The number of benzene rings is 2. The molecule has 1 atom stereocenters. The number of ketones is 1. The molecule has 1 unspecified atom stereocenters. The minimum absolute atomic E-state index is 0.00800. The summed E-state index contributed by atoms with van der Waals surface area (Å²) in [5, 5.41) is 11.5. The molecule has 0 bridgehead atoms. The topological polar surface area (TPSA) is 76.1 Å². The fourth-order valence-corrected chi connectivity index (χ4v) is 3.62. The molecule has 6 nitrogen and oxygen atoms in total. The largest absolute Gasteiger partial charge is 0.507 e. The van der Waals surface area contributed by atoms with Crippen molar-refractivity contribution in [2.45, 2.75) is 12.5 Å². The Morgan fingerprint density at radius 1 is 1.17 bits per heavy atom. The third kappa shape index (κ3) is 4.17. The summed E-state index contributed by atoms with van der Waals surface area (Å²) in [5.74, 6) is -2.54. The van der Waals surface area contributed by atoms with Gasteiger partial charge in [-0.05, 0) is 42.3 Å². The smallest absolute Gasteiger partial charge is 0.295 e. The lowest BCUT2D eigenvalue weighted by Crippen LogP contribution is -2.31. The molecule has 1 heterocycles. The van der Waals surface area contributed by atoms with Gasteiger partial charge in [-0.2, -0.15) is 0 Å². The molecule has 1 amide bonds. The number of amides is 1. The Kier molecular flexibility index (Phi) is 6.74. The van der Waals surface area contributed by atoms with Gasteiger partial charge in [0.1, 0.15) is 17.3 Å². The van der Waals surface area contributed by atoms with Gasteiger partial charge in [0.15, 0.2) is 0 Å². The van der Waals surface area contributed by atoms with Crippen LogP contribution in [0.4, 0.5) is 4.39 Å². The molecular weight excluding hydrogens is 413 g/mol. The highest BCUT2D eigenvalue weighted by Crippen LogP contribution is 2.41. The molecule has 0 radical (unpaired) electrons. The zero-order chi connectivity index (χ0) is 21.8. The molecule has 0 aromatic heterocycles. The monoisotopic (exact) mass is 433 g/mol. The molecule has 2 aromatic carbocycles. The third-order valence-corrected chi connectivity index (χ3v) is 5.14. The molecule has 2 aromatic rings. The summed E-state index contributed by atoms with van der Waals surface area (Å²) in [7, 11) is 2.91. The summed E-state index contributed by atoms with van der Waals surface area (Å²) in [5.41, 5.74) is 0.447. The number of Topliss-reactive ketones (excluding diaryl/α,β-unsaturated/α-hetero) is 1. The number of ether oxygens (including phenoxy) is 2. The van der Waals surface area contributed by atoms with Crippen LogP contribution in [-0.2, 0) is 14.3 Å². The van der Waals surface area contributed by atoms with E-state index in [2.05, 4.69) is 0 Å². The van der Waals surface area contributed by atoms with Crippen LogP contribution < -0.4 is 4.74 Å². The number of nitrogens with zero attached hydrogens (tertiary/aromatic N) is 1. The van der Waals surface area contributed by atoms with E-state index in [0.29, 0.717) is 23.6 Å². The summed E-state index contributed by atoms with van der Waals surface area (Å²) in [6.07, 6.45) is 0.497. The van der Waals surface area contributed by atoms with Crippen molar-refractivity contribution < 1.29 is 28.6 Å². The number of likely N-dealkylation sites (tertiary alicyclic amines) is 1. The molecule has 3 rings (SSSR count). The first-order chi connectivity index (χ1) is 14.4. The van der Waals surface area contributed by atoms with Crippen LogP contribution in [0.3, 0.4) is 0 Å². The zero-order valence-corrected chi connectivity index (χ0v) is 17.3. The van der Waals surface area contributed by atoms with Gasteiger partial charge in [-0.15, -0.1) is 0 Å². The Bertz CT molecular complexity index is 990. The summed E-state index contributed by atoms with van der Waals surface area (Å²) in [6, 6.07) is 9.35. The summed E-state index contributed by atoms with van der Waals surface area (Å²) in [4.78, 5) is 27.1. The third-order valence-electron chi connectivity index (χ3n) is 4.89. The van der Waals surface area contributed by atoms with E-state index in [9.17, 15) is 19.1 Å². The number of hydrogen-bond acceptors (Lipinski definition) is 5. The molecule has 8 heteroatoms. The minimum atomic E-state index is -0.855. The van der Waals surface area contributed by atoms with E-state index in [1.165, 1.54) is 24.1 Å². The fraction of sp³-hybridized carbons (Fsp3) is 0.273. The van der Waals surface area contributed by atoms with E-state index in [1.807, 2.05) is 0 Å². The number of methoxy groups -OCH3 is 2. The summed E-state index contributed by atoms with van der Waals surface area (Å²) >= 11 is 5.98.